The third kappa shape index (κ3) is 21.0. The Morgan fingerprint density at radius 3 is 2.04 bits per heavy atom. The molecular weight excluding hydrogens is 584 g/mol. The van der Waals surface area contributed by atoms with Gasteiger partial charge in [-0.15, -0.1) is 0 Å². The summed E-state index contributed by atoms with van der Waals surface area (Å²) in [6.45, 7) is 3.79. The zero-order valence-electron chi connectivity index (χ0n) is 29.0. The molecule has 1 rings (SSSR count). The van der Waals surface area contributed by atoms with Gasteiger partial charge in [-0.2, -0.15) is 0 Å². The first kappa shape index (κ1) is 42.0. The highest BCUT2D eigenvalue weighted by molar-refractivity contribution is 5.84. The number of ketones is 1. The van der Waals surface area contributed by atoms with E-state index in [1.54, 1.807) is 12.2 Å². The number of hydrogen-bond donors (Lipinski definition) is 3. The Bertz CT molecular complexity index is 854. The van der Waals surface area contributed by atoms with Crippen LogP contribution >= 0.6 is 0 Å². The highest BCUT2D eigenvalue weighted by Gasteiger charge is 2.39. The molecule has 1 fully saturated rings. The maximum atomic E-state index is 12.4. The molecule has 1 aliphatic carbocycles. The molecule has 0 aromatic carbocycles. The van der Waals surface area contributed by atoms with Crippen LogP contribution in [0.1, 0.15) is 155 Å². The molecule has 0 aliphatic heterocycles. The second-order valence-electron chi connectivity index (χ2n) is 13.1. The number of rotatable bonds is 29. The minimum atomic E-state index is -0.854. The lowest BCUT2D eigenvalue weighted by Gasteiger charge is -2.16. The lowest BCUT2D eigenvalue weighted by molar-refractivity contribution is -0.161. The molecule has 0 radical (unpaired) electrons. The van der Waals surface area contributed by atoms with Crippen LogP contribution in [0, 0.1) is 11.8 Å². The average molecular weight is 651 g/mol. The lowest BCUT2D eigenvalue weighted by atomic mass is 9.90. The maximum absolute atomic E-state index is 12.4. The molecule has 0 spiro atoms. The van der Waals surface area contributed by atoms with E-state index >= 15 is 0 Å². The number of aliphatic hydroxyl groups excluding tert-OH is 3. The van der Waals surface area contributed by atoms with Gasteiger partial charge in [0.15, 0.2) is 6.10 Å². The molecule has 0 heterocycles. The molecule has 0 aromatic heterocycles. The molecule has 8 heteroatoms. The van der Waals surface area contributed by atoms with Crippen molar-refractivity contribution in [2.45, 2.75) is 173 Å². The third-order valence-electron chi connectivity index (χ3n) is 8.87. The van der Waals surface area contributed by atoms with Gasteiger partial charge in [0.05, 0.1) is 18.8 Å². The molecule has 0 aromatic rings. The number of ether oxygens (including phenoxy) is 2. The molecule has 0 unspecified atom stereocenters. The Morgan fingerprint density at radius 1 is 0.826 bits per heavy atom. The van der Waals surface area contributed by atoms with E-state index in [2.05, 4.69) is 13.8 Å². The second-order valence-corrected chi connectivity index (χ2v) is 13.1. The summed E-state index contributed by atoms with van der Waals surface area (Å²) in [7, 11) is 0. The highest BCUT2D eigenvalue weighted by atomic mass is 16.6. The largest absolute Gasteiger partial charge is 0.462 e. The van der Waals surface area contributed by atoms with Crippen molar-refractivity contribution in [1.29, 1.82) is 0 Å². The van der Waals surface area contributed by atoms with Crippen LogP contribution in [0.25, 0.3) is 0 Å². The van der Waals surface area contributed by atoms with E-state index < -0.39 is 30.9 Å². The van der Waals surface area contributed by atoms with E-state index in [9.17, 15) is 29.7 Å². The zero-order chi connectivity index (χ0) is 33.8. The molecule has 46 heavy (non-hydrogen) atoms. The molecule has 0 saturated heterocycles. The summed E-state index contributed by atoms with van der Waals surface area (Å²) in [4.78, 5) is 36.7. The Kier molecular flexibility index (Phi) is 25.6. The first-order chi connectivity index (χ1) is 22.3. The fraction of sp³-hybridized carbons (Fsp3) is 0.816. The average Bonchev–Trinajstić information content (AvgIpc) is 3.31. The van der Waals surface area contributed by atoms with E-state index in [-0.39, 0.29) is 43.0 Å². The topological polar surface area (TPSA) is 130 Å². The highest BCUT2D eigenvalue weighted by Crippen LogP contribution is 2.33. The molecule has 266 valence electrons. The van der Waals surface area contributed by atoms with E-state index in [1.807, 2.05) is 12.2 Å². The van der Waals surface area contributed by atoms with Crippen LogP contribution in [0.4, 0.5) is 0 Å². The minimum Gasteiger partial charge on any atom is -0.462 e. The van der Waals surface area contributed by atoms with Gasteiger partial charge in [0.1, 0.15) is 12.4 Å². The van der Waals surface area contributed by atoms with Crippen LogP contribution in [0.2, 0.25) is 0 Å². The van der Waals surface area contributed by atoms with E-state index in [1.165, 1.54) is 57.8 Å². The summed E-state index contributed by atoms with van der Waals surface area (Å²) in [5.74, 6) is -1.37. The predicted octanol–water partition coefficient (Wildman–Crippen LogP) is 7.71. The third-order valence-corrected chi connectivity index (χ3v) is 8.87. The van der Waals surface area contributed by atoms with Crippen LogP contribution in [-0.4, -0.2) is 64.6 Å². The van der Waals surface area contributed by atoms with Crippen LogP contribution in [0.5, 0.6) is 0 Å². The standard InChI is InChI=1S/C38H66O8/c1-3-5-7-8-9-10-11-12-13-14-15-21-25-38(44)46-32(29-39)30-45-37(43)24-20-17-16-19-23-33-34(36(42)28-35(33)41)27-26-31(40)22-18-6-4-2/h16,19,26-27,31-34,36,39-40,42H,3-15,17-18,20-25,28-30H2,1-2H3/b19-16-,27-26+/t31-,32-,33+,34+,36+/m0/s1. The van der Waals surface area contributed by atoms with Crippen LogP contribution in [0.15, 0.2) is 24.3 Å². The Balaban J connectivity index is 2.16. The number of hydrogen-bond acceptors (Lipinski definition) is 8. The van der Waals surface area contributed by atoms with E-state index in [0.29, 0.717) is 32.1 Å². The van der Waals surface area contributed by atoms with Crippen molar-refractivity contribution in [1.82, 2.24) is 0 Å². The Hall–Kier alpha value is -2.03. The molecule has 0 amide bonds. The van der Waals surface area contributed by atoms with Crippen LogP contribution in [0.3, 0.4) is 0 Å². The number of carbonyl (C=O) groups is 3. The van der Waals surface area contributed by atoms with Gasteiger partial charge in [-0.1, -0.05) is 128 Å². The van der Waals surface area contributed by atoms with Gasteiger partial charge in [0, 0.05) is 31.1 Å². The normalized spacial score (nSPS) is 19.7. The molecule has 5 atom stereocenters. The predicted molar refractivity (Wildman–Crippen MR) is 183 cm³/mol. The summed E-state index contributed by atoms with van der Waals surface area (Å²) in [5, 5.41) is 30.1. The maximum Gasteiger partial charge on any atom is 0.306 e. The van der Waals surface area contributed by atoms with Crippen molar-refractivity contribution < 1.29 is 39.2 Å². The lowest BCUT2D eigenvalue weighted by Crippen LogP contribution is -2.28. The number of allylic oxidation sites excluding steroid dienone is 2. The van der Waals surface area contributed by atoms with Gasteiger partial charge in [0.2, 0.25) is 0 Å². The van der Waals surface area contributed by atoms with Gasteiger partial charge in [-0.25, -0.2) is 0 Å². The quantitative estimate of drug-likeness (QED) is 0.0426. The van der Waals surface area contributed by atoms with Crippen LogP contribution < -0.4 is 0 Å². The molecule has 0 bridgehead atoms. The molecule has 1 aliphatic rings. The van der Waals surface area contributed by atoms with Gasteiger partial charge in [-0.3, -0.25) is 14.4 Å². The van der Waals surface area contributed by atoms with Crippen molar-refractivity contribution in [3.63, 3.8) is 0 Å². The summed E-state index contributed by atoms with van der Waals surface area (Å²) < 4.78 is 10.5. The number of carbonyl (C=O) groups excluding carboxylic acids is 3. The monoisotopic (exact) mass is 650 g/mol. The Morgan fingerprint density at radius 2 is 1.41 bits per heavy atom. The minimum absolute atomic E-state index is 0.0315. The fourth-order valence-corrected chi connectivity index (χ4v) is 5.95. The van der Waals surface area contributed by atoms with Crippen molar-refractivity contribution >= 4 is 17.7 Å². The number of aliphatic hydroxyl groups is 3. The van der Waals surface area contributed by atoms with Crippen molar-refractivity contribution in [2.75, 3.05) is 13.2 Å². The van der Waals surface area contributed by atoms with Gasteiger partial charge < -0.3 is 24.8 Å². The van der Waals surface area contributed by atoms with Gasteiger partial charge in [0.25, 0.3) is 0 Å². The summed E-state index contributed by atoms with van der Waals surface area (Å²) >= 11 is 0. The van der Waals surface area contributed by atoms with Crippen LogP contribution in [-0.2, 0) is 23.9 Å². The Labute approximate surface area is 279 Å². The number of unbranched alkanes of at least 4 members (excludes halogenated alkanes) is 14. The van der Waals surface area contributed by atoms with Crippen molar-refractivity contribution in [3.8, 4) is 0 Å². The smallest absolute Gasteiger partial charge is 0.306 e. The van der Waals surface area contributed by atoms with Crippen molar-refractivity contribution in [3.05, 3.63) is 24.3 Å². The van der Waals surface area contributed by atoms with Gasteiger partial charge in [-0.05, 0) is 32.1 Å². The summed E-state index contributed by atoms with van der Waals surface area (Å²) in [6.07, 6.45) is 25.9. The van der Waals surface area contributed by atoms with Gasteiger partial charge >= 0.3 is 11.9 Å². The van der Waals surface area contributed by atoms with E-state index in [0.717, 1.165) is 38.5 Å². The van der Waals surface area contributed by atoms with Crippen molar-refractivity contribution in [2.24, 2.45) is 11.8 Å². The van der Waals surface area contributed by atoms with E-state index in [4.69, 9.17) is 9.47 Å². The zero-order valence-corrected chi connectivity index (χ0v) is 29.0. The molecule has 1 saturated carbocycles. The first-order valence-electron chi connectivity index (χ1n) is 18.5. The number of Topliss-reactive ketones (excluding diaryl/α,β-unsaturated/α-hetero) is 1. The number of esters is 2. The SMILES string of the molecule is CCCCCCCCCCCCCCC(=O)O[C@@H](CO)COC(=O)CCC/C=C\C[C@H]1C(=O)C[C@@H](O)[C@@H]1/C=C/[C@@H](O)CCCCC. The fourth-order valence-electron chi connectivity index (χ4n) is 5.95. The first-order valence-corrected chi connectivity index (χ1v) is 18.5. The molecule has 3 N–H and O–H groups in total. The summed E-state index contributed by atoms with van der Waals surface area (Å²) in [6, 6.07) is 0. The molecular formula is C38H66O8. The second kappa shape index (κ2) is 28.0. The summed E-state index contributed by atoms with van der Waals surface area (Å²) in [5.41, 5.74) is 0. The molecule has 8 nitrogen and oxygen atoms in total.